The van der Waals surface area contributed by atoms with Gasteiger partial charge in [-0.3, -0.25) is 10.1 Å². The highest BCUT2D eigenvalue weighted by molar-refractivity contribution is 7.99. The van der Waals surface area contributed by atoms with Crippen LogP contribution in [0.2, 0.25) is 0 Å². The van der Waals surface area contributed by atoms with Crippen molar-refractivity contribution in [3.63, 3.8) is 0 Å². The van der Waals surface area contributed by atoms with Gasteiger partial charge in [-0.15, -0.1) is 11.3 Å². The fourth-order valence-corrected chi connectivity index (χ4v) is 4.58. The lowest BCUT2D eigenvalue weighted by Gasteiger charge is -2.29. The summed E-state index contributed by atoms with van der Waals surface area (Å²) in [7, 11) is 0. The standard InChI is InChI=1S/C17H20N2O2S2/c1-11-3-4-13(12(2)9-11)14-10-23-16(18-14)19-15(20)17(21)5-7-22-8-6-17/h3-4,9-10,21H,5-8H2,1-2H3,(H,18,19,20). The fourth-order valence-electron chi connectivity index (χ4n) is 2.71. The highest BCUT2D eigenvalue weighted by Crippen LogP contribution is 2.31. The topological polar surface area (TPSA) is 62.2 Å². The molecule has 4 nitrogen and oxygen atoms in total. The molecular weight excluding hydrogens is 328 g/mol. The molecule has 1 aliphatic rings. The molecular formula is C17H20N2O2S2. The molecule has 1 fully saturated rings. The highest BCUT2D eigenvalue weighted by Gasteiger charge is 2.37. The normalized spacial score (nSPS) is 17.0. The van der Waals surface area contributed by atoms with E-state index in [0.29, 0.717) is 18.0 Å². The van der Waals surface area contributed by atoms with Gasteiger partial charge in [-0.1, -0.05) is 23.8 Å². The maximum absolute atomic E-state index is 12.3. The largest absolute Gasteiger partial charge is 0.380 e. The third kappa shape index (κ3) is 3.59. The zero-order valence-electron chi connectivity index (χ0n) is 13.3. The lowest BCUT2D eigenvalue weighted by molar-refractivity contribution is -0.134. The molecule has 122 valence electrons. The predicted octanol–water partition coefficient (Wildman–Crippen LogP) is 3.62. The van der Waals surface area contributed by atoms with Crippen LogP contribution in [0.25, 0.3) is 11.3 Å². The van der Waals surface area contributed by atoms with Gasteiger partial charge in [-0.2, -0.15) is 11.8 Å². The number of aromatic nitrogens is 1. The molecule has 0 bridgehead atoms. The van der Waals surface area contributed by atoms with Crippen molar-refractivity contribution in [3.05, 3.63) is 34.7 Å². The van der Waals surface area contributed by atoms with Crippen LogP contribution in [0.1, 0.15) is 24.0 Å². The number of anilines is 1. The summed E-state index contributed by atoms with van der Waals surface area (Å²) >= 11 is 3.16. The van der Waals surface area contributed by atoms with Crippen molar-refractivity contribution < 1.29 is 9.90 Å². The van der Waals surface area contributed by atoms with Gasteiger partial charge in [0.2, 0.25) is 0 Å². The average molecular weight is 348 g/mol. The van der Waals surface area contributed by atoms with E-state index in [1.165, 1.54) is 16.9 Å². The number of thioether (sulfide) groups is 1. The molecule has 2 aromatic rings. The Labute approximate surface area is 144 Å². The first-order chi connectivity index (χ1) is 11.0. The molecule has 1 aromatic carbocycles. The van der Waals surface area contributed by atoms with Gasteiger partial charge in [0.1, 0.15) is 5.60 Å². The SMILES string of the molecule is Cc1ccc(-c2csc(NC(=O)C3(O)CCSCC3)n2)c(C)c1. The molecule has 1 aliphatic heterocycles. The summed E-state index contributed by atoms with van der Waals surface area (Å²) in [6.45, 7) is 4.12. The molecule has 0 radical (unpaired) electrons. The van der Waals surface area contributed by atoms with Crippen LogP contribution in [0.4, 0.5) is 5.13 Å². The number of hydrogen-bond acceptors (Lipinski definition) is 5. The first-order valence-corrected chi connectivity index (χ1v) is 9.66. The Bertz CT molecular complexity index is 721. The fraction of sp³-hybridized carbons (Fsp3) is 0.412. The number of nitrogens with one attached hydrogen (secondary N) is 1. The van der Waals surface area contributed by atoms with E-state index in [0.717, 1.165) is 28.3 Å². The van der Waals surface area contributed by atoms with Crippen LogP contribution < -0.4 is 5.32 Å². The van der Waals surface area contributed by atoms with Gasteiger partial charge in [0.15, 0.2) is 5.13 Å². The number of hydrogen-bond donors (Lipinski definition) is 2. The number of rotatable bonds is 3. The predicted molar refractivity (Wildman–Crippen MR) is 97.2 cm³/mol. The van der Waals surface area contributed by atoms with E-state index in [1.54, 1.807) is 11.8 Å². The van der Waals surface area contributed by atoms with E-state index in [1.807, 2.05) is 5.38 Å². The van der Waals surface area contributed by atoms with Crippen molar-refractivity contribution in [1.82, 2.24) is 4.98 Å². The molecule has 3 rings (SSSR count). The zero-order chi connectivity index (χ0) is 16.4. The quantitative estimate of drug-likeness (QED) is 0.889. The van der Waals surface area contributed by atoms with Crippen LogP contribution in [0.15, 0.2) is 23.6 Å². The molecule has 0 atom stereocenters. The molecule has 0 unspecified atom stereocenters. The van der Waals surface area contributed by atoms with E-state index >= 15 is 0 Å². The molecule has 1 saturated heterocycles. The maximum atomic E-state index is 12.3. The van der Waals surface area contributed by atoms with E-state index in [2.05, 4.69) is 42.3 Å². The summed E-state index contributed by atoms with van der Waals surface area (Å²) < 4.78 is 0. The van der Waals surface area contributed by atoms with Crippen molar-refractivity contribution in [2.24, 2.45) is 0 Å². The Kier molecular flexibility index (Phi) is 4.75. The van der Waals surface area contributed by atoms with Gasteiger partial charge < -0.3 is 5.11 Å². The number of carbonyl (C=O) groups is 1. The first-order valence-electron chi connectivity index (χ1n) is 7.63. The van der Waals surface area contributed by atoms with Gasteiger partial charge in [0.05, 0.1) is 5.69 Å². The average Bonchev–Trinajstić information content (AvgIpc) is 2.96. The van der Waals surface area contributed by atoms with Gasteiger partial charge >= 0.3 is 0 Å². The second kappa shape index (κ2) is 6.63. The third-order valence-electron chi connectivity index (χ3n) is 4.13. The Morgan fingerprint density at radius 2 is 2.04 bits per heavy atom. The lowest BCUT2D eigenvalue weighted by atomic mass is 9.96. The Morgan fingerprint density at radius 3 is 2.74 bits per heavy atom. The van der Waals surface area contributed by atoms with Crippen molar-refractivity contribution in [3.8, 4) is 11.3 Å². The van der Waals surface area contributed by atoms with Crippen molar-refractivity contribution in [1.29, 1.82) is 0 Å². The molecule has 1 aromatic heterocycles. The minimum Gasteiger partial charge on any atom is -0.380 e. The minimum absolute atomic E-state index is 0.334. The Morgan fingerprint density at radius 1 is 1.30 bits per heavy atom. The molecule has 1 amide bonds. The van der Waals surface area contributed by atoms with Crippen LogP contribution in [0, 0.1) is 13.8 Å². The minimum atomic E-state index is -1.25. The van der Waals surface area contributed by atoms with E-state index in [9.17, 15) is 9.90 Å². The van der Waals surface area contributed by atoms with Crippen LogP contribution in [0.3, 0.4) is 0 Å². The molecule has 0 aliphatic carbocycles. The smallest absolute Gasteiger partial charge is 0.258 e. The number of aryl methyl sites for hydroxylation is 2. The van der Waals surface area contributed by atoms with Crippen molar-refractivity contribution in [2.45, 2.75) is 32.3 Å². The second-order valence-electron chi connectivity index (χ2n) is 5.95. The summed E-state index contributed by atoms with van der Waals surface area (Å²) in [5.74, 6) is 1.30. The van der Waals surface area contributed by atoms with Crippen molar-refractivity contribution in [2.75, 3.05) is 16.8 Å². The first kappa shape index (κ1) is 16.5. The Balaban J connectivity index is 1.75. The van der Waals surface area contributed by atoms with E-state index in [-0.39, 0.29) is 5.91 Å². The molecule has 0 saturated carbocycles. The number of amides is 1. The van der Waals surface area contributed by atoms with Crippen molar-refractivity contribution >= 4 is 34.1 Å². The zero-order valence-corrected chi connectivity index (χ0v) is 14.9. The number of thiazole rings is 1. The van der Waals surface area contributed by atoms with Gasteiger partial charge in [0.25, 0.3) is 5.91 Å². The monoisotopic (exact) mass is 348 g/mol. The Hall–Kier alpha value is -1.37. The summed E-state index contributed by atoms with van der Waals surface area (Å²) in [5, 5.41) is 15.7. The van der Waals surface area contributed by atoms with E-state index in [4.69, 9.17) is 0 Å². The summed E-state index contributed by atoms with van der Waals surface area (Å²) in [4.78, 5) is 16.9. The summed E-state index contributed by atoms with van der Waals surface area (Å²) in [6.07, 6.45) is 0.998. The molecule has 2 heterocycles. The number of carbonyl (C=O) groups excluding carboxylic acids is 1. The number of aliphatic hydroxyl groups is 1. The maximum Gasteiger partial charge on any atom is 0.258 e. The van der Waals surface area contributed by atoms with Gasteiger partial charge in [-0.25, -0.2) is 4.98 Å². The van der Waals surface area contributed by atoms with Crippen LogP contribution in [0.5, 0.6) is 0 Å². The van der Waals surface area contributed by atoms with E-state index < -0.39 is 5.60 Å². The van der Waals surface area contributed by atoms with Gasteiger partial charge in [-0.05, 0) is 43.8 Å². The molecule has 2 N–H and O–H groups in total. The molecule has 23 heavy (non-hydrogen) atoms. The summed E-state index contributed by atoms with van der Waals surface area (Å²) in [5.41, 5.74) is 3.05. The lowest BCUT2D eigenvalue weighted by Crippen LogP contribution is -2.45. The number of nitrogens with zero attached hydrogens (tertiary/aromatic N) is 1. The number of benzene rings is 1. The van der Waals surface area contributed by atoms with Crippen LogP contribution in [-0.2, 0) is 4.79 Å². The van der Waals surface area contributed by atoms with Crippen LogP contribution in [-0.4, -0.2) is 33.1 Å². The third-order valence-corrected chi connectivity index (χ3v) is 5.87. The van der Waals surface area contributed by atoms with Gasteiger partial charge in [0, 0.05) is 10.9 Å². The second-order valence-corrected chi connectivity index (χ2v) is 8.04. The van der Waals surface area contributed by atoms with Crippen LogP contribution >= 0.6 is 23.1 Å². The molecule has 6 heteroatoms. The highest BCUT2D eigenvalue weighted by atomic mass is 32.2. The molecule has 0 spiro atoms. The summed E-state index contributed by atoms with van der Waals surface area (Å²) in [6, 6.07) is 6.23.